The molecule has 1 N–H and O–H groups in total. The lowest BCUT2D eigenvalue weighted by Gasteiger charge is -2.29. The number of thiocarbonyl (C=S) groups is 1. The standard InChI is InChI=1S/C25H22Cl2N2O6S/c1-4-7-15-10-14(12-19(33-3)22(15)35-13-20(30)34-5-2)11-16-23(31)28-25(36)29(24(16)32)18-9-6-8-17(26)21(18)27/h4,6,8-12H,1,5,7,13H2,2-3H3,(H,28,31,36)/b16-11+. The molecule has 0 unspecified atom stereocenters. The van der Waals surface area contributed by atoms with E-state index in [1.54, 1.807) is 43.3 Å². The Morgan fingerprint density at radius 1 is 1.25 bits per heavy atom. The number of allylic oxidation sites excluding steroid dienone is 1. The predicted molar refractivity (Wildman–Crippen MR) is 142 cm³/mol. The van der Waals surface area contributed by atoms with Crippen molar-refractivity contribution in [3.63, 3.8) is 0 Å². The number of methoxy groups -OCH3 is 1. The van der Waals surface area contributed by atoms with Crippen molar-refractivity contribution in [1.82, 2.24) is 5.32 Å². The highest BCUT2D eigenvalue weighted by Crippen LogP contribution is 2.36. The molecule has 11 heteroatoms. The summed E-state index contributed by atoms with van der Waals surface area (Å²) in [7, 11) is 1.43. The van der Waals surface area contributed by atoms with Crippen LogP contribution in [0.4, 0.5) is 5.69 Å². The number of nitrogens with zero attached hydrogens (tertiary/aromatic N) is 1. The van der Waals surface area contributed by atoms with Crippen LogP contribution in [0.1, 0.15) is 18.1 Å². The van der Waals surface area contributed by atoms with Crippen LogP contribution in [0.2, 0.25) is 10.0 Å². The molecule has 1 fully saturated rings. The average Bonchev–Trinajstić information content (AvgIpc) is 2.83. The maximum absolute atomic E-state index is 13.4. The van der Waals surface area contributed by atoms with E-state index in [2.05, 4.69) is 11.9 Å². The van der Waals surface area contributed by atoms with Gasteiger partial charge in [0.25, 0.3) is 11.8 Å². The molecule has 36 heavy (non-hydrogen) atoms. The molecule has 1 aliphatic heterocycles. The number of ether oxygens (including phenoxy) is 3. The van der Waals surface area contributed by atoms with Gasteiger partial charge in [0.15, 0.2) is 23.2 Å². The number of anilines is 1. The second-order valence-corrected chi connectivity index (χ2v) is 8.50. The number of benzene rings is 2. The molecule has 1 saturated heterocycles. The van der Waals surface area contributed by atoms with Crippen molar-refractivity contribution in [2.24, 2.45) is 0 Å². The van der Waals surface area contributed by atoms with E-state index >= 15 is 0 Å². The first-order valence-corrected chi connectivity index (χ1v) is 11.8. The number of amides is 2. The summed E-state index contributed by atoms with van der Waals surface area (Å²) < 4.78 is 16.0. The largest absolute Gasteiger partial charge is 0.493 e. The molecule has 0 bridgehead atoms. The molecule has 2 aromatic carbocycles. The van der Waals surface area contributed by atoms with Crippen LogP contribution in [0.15, 0.2) is 48.6 Å². The third kappa shape index (κ3) is 5.87. The van der Waals surface area contributed by atoms with Gasteiger partial charge in [-0.2, -0.15) is 0 Å². The summed E-state index contributed by atoms with van der Waals surface area (Å²) in [5.74, 6) is -1.28. The van der Waals surface area contributed by atoms with Crippen molar-refractivity contribution in [2.45, 2.75) is 13.3 Å². The smallest absolute Gasteiger partial charge is 0.344 e. The maximum atomic E-state index is 13.4. The summed E-state index contributed by atoms with van der Waals surface area (Å²) in [5, 5.41) is 2.72. The van der Waals surface area contributed by atoms with Gasteiger partial charge in [0.05, 0.1) is 29.4 Å². The van der Waals surface area contributed by atoms with Crippen molar-refractivity contribution in [3.05, 3.63) is 69.7 Å². The van der Waals surface area contributed by atoms with E-state index in [1.165, 1.54) is 13.2 Å². The zero-order valence-electron chi connectivity index (χ0n) is 19.4. The number of halogens is 2. The Hall–Kier alpha value is -3.40. The fourth-order valence-electron chi connectivity index (χ4n) is 3.43. The second kappa shape index (κ2) is 12.0. The summed E-state index contributed by atoms with van der Waals surface area (Å²) in [4.78, 5) is 39.0. The average molecular weight is 549 g/mol. The lowest BCUT2D eigenvalue weighted by molar-refractivity contribution is -0.145. The van der Waals surface area contributed by atoms with E-state index in [9.17, 15) is 14.4 Å². The third-order valence-electron chi connectivity index (χ3n) is 4.96. The normalized spacial score (nSPS) is 14.5. The van der Waals surface area contributed by atoms with Crippen molar-refractivity contribution in [1.29, 1.82) is 0 Å². The van der Waals surface area contributed by atoms with Crippen LogP contribution in [-0.2, 0) is 25.5 Å². The Kier molecular flexibility index (Phi) is 9.08. The molecule has 0 aliphatic carbocycles. The van der Waals surface area contributed by atoms with E-state index < -0.39 is 17.8 Å². The van der Waals surface area contributed by atoms with Gasteiger partial charge in [0, 0.05) is 5.56 Å². The number of hydrogen-bond donors (Lipinski definition) is 1. The van der Waals surface area contributed by atoms with Crippen molar-refractivity contribution >= 4 is 70.1 Å². The molecule has 0 spiro atoms. The highest BCUT2D eigenvalue weighted by atomic mass is 35.5. The van der Waals surface area contributed by atoms with Crippen LogP contribution in [0, 0.1) is 0 Å². The van der Waals surface area contributed by atoms with Gasteiger partial charge < -0.3 is 14.2 Å². The van der Waals surface area contributed by atoms with Crippen LogP contribution in [-0.4, -0.2) is 43.2 Å². The lowest BCUT2D eigenvalue weighted by atomic mass is 10.0. The molecule has 188 valence electrons. The van der Waals surface area contributed by atoms with Crippen LogP contribution < -0.4 is 19.7 Å². The number of carbonyl (C=O) groups excluding carboxylic acids is 3. The number of nitrogens with one attached hydrogen (secondary N) is 1. The molecular weight excluding hydrogens is 527 g/mol. The first-order chi connectivity index (χ1) is 17.2. The minimum atomic E-state index is -0.681. The number of hydrogen-bond acceptors (Lipinski definition) is 7. The molecule has 1 heterocycles. The maximum Gasteiger partial charge on any atom is 0.344 e. The van der Waals surface area contributed by atoms with E-state index in [0.29, 0.717) is 29.0 Å². The zero-order valence-corrected chi connectivity index (χ0v) is 21.8. The van der Waals surface area contributed by atoms with Gasteiger partial charge in [-0.1, -0.05) is 35.3 Å². The van der Waals surface area contributed by atoms with Gasteiger partial charge in [-0.05, 0) is 61.5 Å². The zero-order chi connectivity index (χ0) is 26.4. The summed E-state index contributed by atoms with van der Waals surface area (Å²) in [6.45, 7) is 5.35. The number of rotatable bonds is 9. The quantitative estimate of drug-likeness (QED) is 0.162. The molecule has 1 aliphatic rings. The van der Waals surface area contributed by atoms with Gasteiger partial charge in [0.1, 0.15) is 5.57 Å². The van der Waals surface area contributed by atoms with Gasteiger partial charge >= 0.3 is 5.97 Å². The molecule has 0 radical (unpaired) electrons. The van der Waals surface area contributed by atoms with Crippen LogP contribution in [0.5, 0.6) is 11.5 Å². The van der Waals surface area contributed by atoms with Crippen molar-refractivity contribution in [2.75, 3.05) is 25.2 Å². The molecule has 0 saturated carbocycles. The first kappa shape index (κ1) is 27.2. The predicted octanol–water partition coefficient (Wildman–Crippen LogP) is 4.50. The molecular formula is C25H22Cl2N2O6S. The number of carbonyl (C=O) groups is 3. The molecule has 0 atom stereocenters. The Bertz CT molecular complexity index is 1280. The van der Waals surface area contributed by atoms with Gasteiger partial charge in [-0.25, -0.2) is 4.79 Å². The SMILES string of the molecule is C=CCc1cc(/C=C2\C(=O)NC(=S)N(c3cccc(Cl)c3Cl)C2=O)cc(OC)c1OCC(=O)OCC. The summed E-state index contributed by atoms with van der Waals surface area (Å²) in [5.41, 5.74) is 1.13. The Balaban J connectivity index is 2.04. The summed E-state index contributed by atoms with van der Waals surface area (Å²) >= 11 is 17.6. The molecule has 2 amide bonds. The molecule has 2 aromatic rings. The van der Waals surface area contributed by atoms with E-state index in [-0.39, 0.29) is 39.6 Å². The monoisotopic (exact) mass is 548 g/mol. The molecule has 8 nitrogen and oxygen atoms in total. The third-order valence-corrected chi connectivity index (χ3v) is 6.06. The fraction of sp³-hybridized carbons (Fsp3) is 0.200. The van der Waals surface area contributed by atoms with Crippen molar-refractivity contribution in [3.8, 4) is 11.5 Å². The minimum Gasteiger partial charge on any atom is -0.493 e. The topological polar surface area (TPSA) is 94.2 Å². The van der Waals surface area contributed by atoms with Crippen LogP contribution in [0.25, 0.3) is 6.08 Å². The lowest BCUT2D eigenvalue weighted by Crippen LogP contribution is -2.54. The number of esters is 1. The fourth-order valence-corrected chi connectivity index (χ4v) is 4.09. The minimum absolute atomic E-state index is 0.114. The second-order valence-electron chi connectivity index (χ2n) is 7.33. The van der Waals surface area contributed by atoms with Gasteiger partial charge in [-0.3, -0.25) is 19.8 Å². The Labute approximate surface area is 223 Å². The van der Waals surface area contributed by atoms with E-state index in [0.717, 1.165) is 4.90 Å². The van der Waals surface area contributed by atoms with Crippen LogP contribution >= 0.6 is 35.4 Å². The summed E-state index contributed by atoms with van der Waals surface area (Å²) in [6, 6.07) is 8.01. The molecule has 3 rings (SSSR count). The highest BCUT2D eigenvalue weighted by molar-refractivity contribution is 7.80. The first-order valence-electron chi connectivity index (χ1n) is 10.7. The van der Waals surface area contributed by atoms with Gasteiger partial charge in [-0.15, -0.1) is 6.58 Å². The molecule has 0 aromatic heterocycles. The van der Waals surface area contributed by atoms with E-state index in [1.807, 2.05) is 0 Å². The Morgan fingerprint density at radius 3 is 2.67 bits per heavy atom. The van der Waals surface area contributed by atoms with Gasteiger partial charge in [0.2, 0.25) is 0 Å². The van der Waals surface area contributed by atoms with E-state index in [4.69, 9.17) is 49.6 Å². The highest BCUT2D eigenvalue weighted by Gasteiger charge is 2.35. The Morgan fingerprint density at radius 2 is 2.00 bits per heavy atom. The van der Waals surface area contributed by atoms with Crippen LogP contribution in [0.3, 0.4) is 0 Å². The summed E-state index contributed by atoms with van der Waals surface area (Å²) in [6.07, 6.45) is 3.40. The van der Waals surface area contributed by atoms with Crippen molar-refractivity contribution < 1.29 is 28.6 Å².